The van der Waals surface area contributed by atoms with E-state index in [4.69, 9.17) is 5.73 Å². The van der Waals surface area contributed by atoms with Gasteiger partial charge in [0.2, 0.25) is 0 Å². The third kappa shape index (κ3) is 3.24. The van der Waals surface area contributed by atoms with Crippen molar-refractivity contribution in [2.45, 2.75) is 46.2 Å². The Morgan fingerprint density at radius 2 is 1.81 bits per heavy atom. The molecule has 16 heavy (non-hydrogen) atoms. The second-order valence-corrected chi connectivity index (χ2v) is 4.29. The molecule has 1 rings (SSSR count). The Hall–Kier alpha value is -1.02. The van der Waals surface area contributed by atoms with Crippen LogP contribution in [0.15, 0.2) is 24.3 Å². The molecule has 0 aliphatic heterocycles. The number of rotatable bonds is 6. The molecule has 1 unspecified atom stereocenters. The molecule has 2 N–H and O–H groups in total. The van der Waals surface area contributed by atoms with Gasteiger partial charge in [-0.2, -0.15) is 0 Å². The van der Waals surface area contributed by atoms with Gasteiger partial charge >= 0.3 is 0 Å². The lowest BCUT2D eigenvalue weighted by Crippen LogP contribution is -2.32. The molecule has 0 aliphatic rings. The first-order valence-electron chi connectivity index (χ1n) is 6.28. The fourth-order valence-corrected chi connectivity index (χ4v) is 2.15. The SMILES string of the molecule is CCCC(C)N(CC)c1ccc(CN)cc1. The maximum Gasteiger partial charge on any atom is 0.0368 e. The van der Waals surface area contributed by atoms with Gasteiger partial charge in [0.05, 0.1) is 0 Å². The lowest BCUT2D eigenvalue weighted by Gasteiger charge is -2.30. The first-order chi connectivity index (χ1) is 7.72. The van der Waals surface area contributed by atoms with E-state index in [0.29, 0.717) is 12.6 Å². The van der Waals surface area contributed by atoms with Crippen molar-refractivity contribution < 1.29 is 0 Å². The van der Waals surface area contributed by atoms with Crippen LogP contribution >= 0.6 is 0 Å². The Morgan fingerprint density at radius 1 is 1.19 bits per heavy atom. The van der Waals surface area contributed by atoms with E-state index in [-0.39, 0.29) is 0 Å². The maximum atomic E-state index is 5.60. The summed E-state index contributed by atoms with van der Waals surface area (Å²) >= 11 is 0. The predicted molar refractivity (Wildman–Crippen MR) is 71.7 cm³/mol. The highest BCUT2D eigenvalue weighted by atomic mass is 15.1. The smallest absolute Gasteiger partial charge is 0.0368 e. The van der Waals surface area contributed by atoms with Gasteiger partial charge in [0.1, 0.15) is 0 Å². The molecule has 0 saturated carbocycles. The zero-order valence-electron chi connectivity index (χ0n) is 10.7. The molecular weight excluding hydrogens is 196 g/mol. The van der Waals surface area contributed by atoms with Gasteiger partial charge in [-0.05, 0) is 38.0 Å². The summed E-state index contributed by atoms with van der Waals surface area (Å²) in [4.78, 5) is 2.45. The van der Waals surface area contributed by atoms with Crippen molar-refractivity contribution in [3.8, 4) is 0 Å². The van der Waals surface area contributed by atoms with Crippen molar-refractivity contribution in [1.29, 1.82) is 0 Å². The van der Waals surface area contributed by atoms with Crippen LogP contribution in [-0.4, -0.2) is 12.6 Å². The van der Waals surface area contributed by atoms with Crippen LogP contribution < -0.4 is 10.6 Å². The van der Waals surface area contributed by atoms with Crippen molar-refractivity contribution in [3.63, 3.8) is 0 Å². The summed E-state index contributed by atoms with van der Waals surface area (Å²) < 4.78 is 0. The fraction of sp³-hybridized carbons (Fsp3) is 0.571. The van der Waals surface area contributed by atoms with Crippen molar-refractivity contribution >= 4 is 5.69 Å². The Bertz CT molecular complexity index is 292. The highest BCUT2D eigenvalue weighted by Gasteiger charge is 2.11. The van der Waals surface area contributed by atoms with Crippen molar-refractivity contribution in [2.24, 2.45) is 5.73 Å². The van der Waals surface area contributed by atoms with E-state index >= 15 is 0 Å². The topological polar surface area (TPSA) is 29.3 Å². The Kier molecular flexibility index (Phi) is 5.33. The number of nitrogens with zero attached hydrogens (tertiary/aromatic N) is 1. The Balaban J connectivity index is 2.78. The van der Waals surface area contributed by atoms with Crippen molar-refractivity contribution in [1.82, 2.24) is 0 Å². The highest BCUT2D eigenvalue weighted by molar-refractivity contribution is 5.48. The molecule has 0 heterocycles. The minimum atomic E-state index is 0.610. The molecule has 0 saturated heterocycles. The van der Waals surface area contributed by atoms with E-state index in [9.17, 15) is 0 Å². The summed E-state index contributed by atoms with van der Waals surface area (Å²) in [5.41, 5.74) is 8.11. The number of hydrogen-bond donors (Lipinski definition) is 1. The normalized spacial score (nSPS) is 12.5. The Morgan fingerprint density at radius 3 is 2.25 bits per heavy atom. The van der Waals surface area contributed by atoms with Crippen LogP contribution in [0, 0.1) is 0 Å². The first kappa shape index (κ1) is 13.0. The number of benzene rings is 1. The van der Waals surface area contributed by atoms with E-state index in [2.05, 4.69) is 49.9 Å². The summed E-state index contributed by atoms with van der Waals surface area (Å²) in [6.45, 7) is 8.43. The van der Waals surface area contributed by atoms with E-state index < -0.39 is 0 Å². The van der Waals surface area contributed by atoms with Crippen LogP contribution in [0.1, 0.15) is 39.2 Å². The van der Waals surface area contributed by atoms with Gasteiger partial charge in [0, 0.05) is 24.8 Å². The van der Waals surface area contributed by atoms with Crippen LogP contribution in [0.3, 0.4) is 0 Å². The largest absolute Gasteiger partial charge is 0.369 e. The zero-order valence-corrected chi connectivity index (χ0v) is 10.7. The molecule has 0 radical (unpaired) electrons. The predicted octanol–water partition coefficient (Wildman–Crippen LogP) is 3.16. The summed E-state index contributed by atoms with van der Waals surface area (Å²) in [5, 5.41) is 0. The van der Waals surface area contributed by atoms with Crippen LogP contribution in [0.4, 0.5) is 5.69 Å². The van der Waals surface area contributed by atoms with Gasteiger partial charge in [-0.15, -0.1) is 0 Å². The molecule has 2 heteroatoms. The zero-order chi connectivity index (χ0) is 12.0. The second kappa shape index (κ2) is 6.54. The first-order valence-corrected chi connectivity index (χ1v) is 6.28. The quantitative estimate of drug-likeness (QED) is 0.798. The summed E-state index contributed by atoms with van der Waals surface area (Å²) in [6.07, 6.45) is 2.48. The lowest BCUT2D eigenvalue weighted by atomic mass is 10.1. The van der Waals surface area contributed by atoms with Crippen molar-refractivity contribution in [3.05, 3.63) is 29.8 Å². The van der Waals surface area contributed by atoms with Gasteiger partial charge in [0.25, 0.3) is 0 Å². The second-order valence-electron chi connectivity index (χ2n) is 4.29. The molecule has 1 aromatic rings. The van der Waals surface area contributed by atoms with Crippen molar-refractivity contribution in [2.75, 3.05) is 11.4 Å². The standard InChI is InChI=1S/C14H24N2/c1-4-6-12(3)16(5-2)14-9-7-13(11-15)8-10-14/h7-10,12H,4-6,11,15H2,1-3H3. The molecule has 1 atom stereocenters. The molecule has 1 aromatic carbocycles. The summed E-state index contributed by atoms with van der Waals surface area (Å²) in [5.74, 6) is 0. The average Bonchev–Trinajstić information content (AvgIpc) is 2.31. The van der Waals surface area contributed by atoms with Crippen LogP contribution in [0.25, 0.3) is 0 Å². The van der Waals surface area contributed by atoms with E-state index in [0.717, 1.165) is 6.54 Å². The molecule has 0 bridgehead atoms. The van der Waals surface area contributed by atoms with Crippen LogP contribution in [0.5, 0.6) is 0 Å². The molecule has 90 valence electrons. The summed E-state index contributed by atoms with van der Waals surface area (Å²) in [6, 6.07) is 9.21. The molecule has 0 aromatic heterocycles. The molecule has 0 amide bonds. The summed E-state index contributed by atoms with van der Waals surface area (Å²) in [7, 11) is 0. The van der Waals surface area contributed by atoms with Crippen LogP contribution in [0.2, 0.25) is 0 Å². The van der Waals surface area contributed by atoms with Crippen LogP contribution in [-0.2, 0) is 6.54 Å². The lowest BCUT2D eigenvalue weighted by molar-refractivity contribution is 0.591. The molecule has 2 nitrogen and oxygen atoms in total. The number of nitrogens with two attached hydrogens (primary N) is 1. The molecule has 0 spiro atoms. The monoisotopic (exact) mass is 220 g/mol. The maximum absolute atomic E-state index is 5.60. The van der Waals surface area contributed by atoms with Gasteiger partial charge < -0.3 is 10.6 Å². The molecule has 0 aliphatic carbocycles. The minimum absolute atomic E-state index is 0.610. The molecule has 0 fully saturated rings. The highest BCUT2D eigenvalue weighted by Crippen LogP contribution is 2.19. The van der Waals surface area contributed by atoms with Gasteiger partial charge in [0.15, 0.2) is 0 Å². The number of hydrogen-bond acceptors (Lipinski definition) is 2. The van der Waals surface area contributed by atoms with E-state index in [1.165, 1.54) is 24.1 Å². The Labute approximate surface area is 99.5 Å². The average molecular weight is 220 g/mol. The molecular formula is C14H24N2. The third-order valence-electron chi connectivity index (χ3n) is 3.08. The third-order valence-corrected chi connectivity index (χ3v) is 3.08. The van der Waals surface area contributed by atoms with Gasteiger partial charge in [-0.3, -0.25) is 0 Å². The number of anilines is 1. The minimum Gasteiger partial charge on any atom is -0.369 e. The fourth-order valence-electron chi connectivity index (χ4n) is 2.15. The van der Waals surface area contributed by atoms with E-state index in [1.54, 1.807) is 0 Å². The van der Waals surface area contributed by atoms with E-state index in [1.807, 2.05) is 0 Å². The van der Waals surface area contributed by atoms with Gasteiger partial charge in [-0.25, -0.2) is 0 Å². The van der Waals surface area contributed by atoms with Gasteiger partial charge in [-0.1, -0.05) is 25.5 Å².